The molecule has 0 amide bonds. The van der Waals surface area contributed by atoms with Crippen LogP contribution in [0.25, 0.3) is 0 Å². The van der Waals surface area contributed by atoms with Crippen molar-refractivity contribution in [3.8, 4) is 0 Å². The smallest absolute Gasteiger partial charge is 0.0814 e. The second kappa shape index (κ2) is 8.68. The molecule has 0 aromatic heterocycles. The molecule has 0 fully saturated rings. The Kier molecular flexibility index (Phi) is 8.39. The first-order valence-electron chi connectivity index (χ1n) is 4.35. The molecule has 0 heterocycles. The van der Waals surface area contributed by atoms with E-state index in [9.17, 15) is 0 Å². The van der Waals surface area contributed by atoms with Crippen LogP contribution in [0.4, 0.5) is 0 Å². The maximum Gasteiger partial charge on any atom is 0.0814 e. The van der Waals surface area contributed by atoms with Gasteiger partial charge >= 0.3 is 0 Å². The highest BCUT2D eigenvalue weighted by atomic mass is 16.5. The minimum Gasteiger partial charge on any atom is -0.385 e. The van der Waals surface area contributed by atoms with Crippen LogP contribution in [0.15, 0.2) is 4.99 Å². The molecule has 0 saturated carbocycles. The van der Waals surface area contributed by atoms with E-state index in [0.717, 1.165) is 19.6 Å². The van der Waals surface area contributed by atoms with Crippen LogP contribution in [0.1, 0.15) is 20.3 Å². The van der Waals surface area contributed by atoms with Gasteiger partial charge in [-0.05, 0) is 20.3 Å². The van der Waals surface area contributed by atoms with Gasteiger partial charge in [0.15, 0.2) is 0 Å². The third-order valence-electron chi connectivity index (χ3n) is 1.23. The van der Waals surface area contributed by atoms with Crippen LogP contribution < -0.4 is 0 Å². The molecule has 0 saturated heterocycles. The number of hydrogen-bond donors (Lipinski definition) is 0. The van der Waals surface area contributed by atoms with E-state index >= 15 is 0 Å². The molecule has 0 aliphatic rings. The molecular formula is C9H19NO2. The minimum absolute atomic E-state index is 0.368. The highest BCUT2D eigenvalue weighted by molar-refractivity contribution is 5.58. The van der Waals surface area contributed by atoms with Gasteiger partial charge in [-0.15, -0.1) is 0 Å². The summed E-state index contributed by atoms with van der Waals surface area (Å²) in [6.07, 6.45) is 2.77. The molecule has 3 heteroatoms. The second-order valence-corrected chi connectivity index (χ2v) is 2.85. The van der Waals surface area contributed by atoms with Gasteiger partial charge in [-0.3, -0.25) is 4.99 Å². The van der Waals surface area contributed by atoms with Crippen LogP contribution in [0, 0.1) is 0 Å². The first kappa shape index (κ1) is 11.6. The largest absolute Gasteiger partial charge is 0.385 e. The fourth-order valence-electron chi connectivity index (χ4n) is 0.695. The molecular weight excluding hydrogens is 154 g/mol. The lowest BCUT2D eigenvalue weighted by molar-refractivity contribution is 0.126. The van der Waals surface area contributed by atoms with Gasteiger partial charge in [0.2, 0.25) is 0 Å². The van der Waals surface area contributed by atoms with Crippen LogP contribution >= 0.6 is 0 Å². The lowest BCUT2D eigenvalue weighted by Gasteiger charge is -2.00. The van der Waals surface area contributed by atoms with E-state index in [1.165, 1.54) is 0 Å². The zero-order valence-electron chi connectivity index (χ0n) is 8.25. The molecule has 0 aliphatic heterocycles. The van der Waals surface area contributed by atoms with Crippen molar-refractivity contribution in [2.75, 3.05) is 26.9 Å². The zero-order chi connectivity index (χ0) is 9.23. The molecule has 0 spiro atoms. The Hall–Kier alpha value is -0.410. The zero-order valence-corrected chi connectivity index (χ0v) is 8.25. The van der Waals surface area contributed by atoms with E-state index in [0.29, 0.717) is 12.6 Å². The van der Waals surface area contributed by atoms with Gasteiger partial charge in [0, 0.05) is 32.6 Å². The maximum absolute atomic E-state index is 5.26. The van der Waals surface area contributed by atoms with E-state index in [-0.39, 0.29) is 0 Å². The van der Waals surface area contributed by atoms with Crippen LogP contribution in [-0.2, 0) is 9.47 Å². The molecule has 12 heavy (non-hydrogen) atoms. The fraction of sp³-hybridized carbons (Fsp3) is 0.889. The van der Waals surface area contributed by atoms with Gasteiger partial charge in [0.1, 0.15) is 0 Å². The molecule has 0 bridgehead atoms. The van der Waals surface area contributed by atoms with Gasteiger partial charge in [0.25, 0.3) is 0 Å². The number of aliphatic imine (C=N–C) groups is 1. The van der Waals surface area contributed by atoms with Crippen LogP contribution in [0.5, 0.6) is 0 Å². The van der Waals surface area contributed by atoms with Crippen molar-refractivity contribution >= 4 is 6.21 Å². The Bertz CT molecular complexity index is 113. The van der Waals surface area contributed by atoms with Crippen LogP contribution in [-0.4, -0.2) is 39.2 Å². The van der Waals surface area contributed by atoms with Crippen molar-refractivity contribution < 1.29 is 9.47 Å². The summed E-state index contributed by atoms with van der Waals surface area (Å²) in [7, 11) is 1.69. The van der Waals surface area contributed by atoms with Gasteiger partial charge < -0.3 is 9.47 Å². The summed E-state index contributed by atoms with van der Waals surface area (Å²) >= 11 is 0. The van der Waals surface area contributed by atoms with Crippen molar-refractivity contribution in [1.29, 1.82) is 0 Å². The first-order valence-corrected chi connectivity index (χ1v) is 4.35. The Morgan fingerprint density at radius 3 is 2.67 bits per heavy atom. The molecule has 3 nitrogen and oxygen atoms in total. The molecule has 0 rings (SSSR count). The number of rotatable bonds is 7. The average molecular weight is 173 g/mol. The summed E-state index contributed by atoms with van der Waals surface area (Å²) in [5.41, 5.74) is 0. The molecule has 0 aromatic carbocycles. The maximum atomic E-state index is 5.26. The predicted octanol–water partition coefficient (Wildman–Crippen LogP) is 1.52. The minimum atomic E-state index is 0.368. The van der Waals surface area contributed by atoms with E-state index in [4.69, 9.17) is 9.47 Å². The highest BCUT2D eigenvalue weighted by Gasteiger charge is 1.86. The van der Waals surface area contributed by atoms with Crippen molar-refractivity contribution in [2.24, 2.45) is 4.99 Å². The van der Waals surface area contributed by atoms with Gasteiger partial charge in [-0.1, -0.05) is 0 Å². The van der Waals surface area contributed by atoms with Crippen molar-refractivity contribution in [3.05, 3.63) is 0 Å². The molecule has 0 unspecified atom stereocenters. The lowest BCUT2D eigenvalue weighted by atomic mass is 10.4. The first-order chi connectivity index (χ1) is 5.77. The number of methoxy groups -OCH3 is 1. The van der Waals surface area contributed by atoms with Crippen LogP contribution in [0.2, 0.25) is 0 Å². The summed E-state index contributed by atoms with van der Waals surface area (Å²) in [6.45, 7) is 6.21. The lowest BCUT2D eigenvalue weighted by Crippen LogP contribution is -2.02. The Morgan fingerprint density at radius 1 is 1.33 bits per heavy atom. The van der Waals surface area contributed by atoms with Gasteiger partial charge in [-0.2, -0.15) is 0 Å². The van der Waals surface area contributed by atoms with Crippen molar-refractivity contribution in [1.82, 2.24) is 0 Å². The van der Waals surface area contributed by atoms with Crippen LogP contribution in [0.3, 0.4) is 0 Å². The quantitative estimate of drug-likeness (QED) is 0.431. The monoisotopic (exact) mass is 173 g/mol. The second-order valence-electron chi connectivity index (χ2n) is 2.85. The summed E-state index contributed by atoms with van der Waals surface area (Å²) in [5, 5.41) is 0. The molecule has 0 radical (unpaired) electrons. The average Bonchev–Trinajstić information content (AvgIpc) is 2.02. The topological polar surface area (TPSA) is 30.8 Å². The van der Waals surface area contributed by atoms with E-state index < -0.39 is 0 Å². The molecule has 0 aliphatic carbocycles. The molecule has 72 valence electrons. The van der Waals surface area contributed by atoms with Gasteiger partial charge in [0.05, 0.1) is 6.61 Å². The summed E-state index contributed by atoms with van der Waals surface area (Å²) in [4.78, 5) is 4.16. The Labute approximate surface area is 74.8 Å². The van der Waals surface area contributed by atoms with E-state index in [2.05, 4.69) is 4.99 Å². The van der Waals surface area contributed by atoms with Gasteiger partial charge in [-0.25, -0.2) is 0 Å². The van der Waals surface area contributed by atoms with Crippen molar-refractivity contribution in [2.45, 2.75) is 26.3 Å². The highest BCUT2D eigenvalue weighted by Crippen LogP contribution is 1.85. The van der Waals surface area contributed by atoms with E-state index in [1.807, 2.05) is 20.1 Å². The SMILES string of the molecule is COCCCOCC=NC(C)C. The Balaban J connectivity index is 3.00. The fourth-order valence-corrected chi connectivity index (χ4v) is 0.695. The summed E-state index contributed by atoms with van der Waals surface area (Å²) in [6, 6.07) is 0.368. The standard InChI is InChI=1S/C9H19NO2/c1-9(2)10-5-8-12-7-4-6-11-3/h5,9H,4,6-8H2,1-3H3. The third kappa shape index (κ3) is 9.59. The van der Waals surface area contributed by atoms with Crippen molar-refractivity contribution in [3.63, 3.8) is 0 Å². The normalized spacial score (nSPS) is 11.7. The number of ether oxygens (including phenoxy) is 2. The summed E-state index contributed by atoms with van der Waals surface area (Å²) in [5.74, 6) is 0. The summed E-state index contributed by atoms with van der Waals surface area (Å²) < 4.78 is 10.1. The predicted molar refractivity (Wildman–Crippen MR) is 50.9 cm³/mol. The molecule has 0 N–H and O–H groups in total. The third-order valence-corrected chi connectivity index (χ3v) is 1.23. The Morgan fingerprint density at radius 2 is 2.08 bits per heavy atom. The molecule has 0 atom stereocenters. The van der Waals surface area contributed by atoms with E-state index in [1.54, 1.807) is 7.11 Å². The number of hydrogen-bond acceptors (Lipinski definition) is 3. The molecule has 0 aromatic rings. The number of nitrogens with zero attached hydrogens (tertiary/aromatic N) is 1.